The Morgan fingerprint density at radius 1 is 0.531 bits per heavy atom. The number of rotatable bonds is 3. The number of pyridine rings is 1. The number of para-hydroxylation sites is 3. The summed E-state index contributed by atoms with van der Waals surface area (Å²) in [5, 5.41) is 5.73. The van der Waals surface area contributed by atoms with Crippen LogP contribution >= 0.6 is 11.8 Å². The maximum absolute atomic E-state index is 6.21. The van der Waals surface area contributed by atoms with Crippen LogP contribution in [0.3, 0.4) is 0 Å². The summed E-state index contributed by atoms with van der Waals surface area (Å²) >= 11 is 1.92. The Bertz CT molecular complexity index is 2770. The highest BCUT2D eigenvalue weighted by molar-refractivity contribution is 8.03. The van der Waals surface area contributed by atoms with Crippen LogP contribution in [0.2, 0.25) is 0 Å². The fraction of sp³-hybridized carbons (Fsp3) is 0.0444. The first-order valence-corrected chi connectivity index (χ1v) is 17.5. The Morgan fingerprint density at radius 2 is 1.10 bits per heavy atom. The first kappa shape index (κ1) is 27.1. The zero-order valence-electron chi connectivity index (χ0n) is 26.3. The monoisotopic (exact) mass is 645 g/mol. The first-order valence-electron chi connectivity index (χ1n) is 16.7. The maximum Gasteiger partial charge on any atom is 0.135 e. The second-order valence-corrected chi connectivity index (χ2v) is 14.1. The zero-order valence-corrected chi connectivity index (χ0v) is 27.1. The van der Waals surface area contributed by atoms with E-state index in [0.717, 1.165) is 89.3 Å². The molecular formula is C45H27NO2S. The molecule has 0 bridgehead atoms. The molecule has 1 atom stereocenters. The van der Waals surface area contributed by atoms with Crippen molar-refractivity contribution in [1.82, 2.24) is 4.98 Å². The number of hydrogen-bond acceptors (Lipinski definition) is 4. The van der Waals surface area contributed by atoms with E-state index in [1.165, 1.54) is 20.8 Å². The summed E-state index contributed by atoms with van der Waals surface area (Å²) in [5.41, 5.74) is 12.7. The molecule has 1 unspecified atom stereocenters. The van der Waals surface area contributed by atoms with Crippen molar-refractivity contribution in [3.05, 3.63) is 156 Å². The molecule has 1 aliphatic carbocycles. The lowest BCUT2D eigenvalue weighted by Crippen LogP contribution is -2.02. The average Bonchev–Trinajstić information content (AvgIpc) is 3.85. The van der Waals surface area contributed by atoms with E-state index in [-0.39, 0.29) is 0 Å². The number of allylic oxidation sites excluding steroid dienone is 4. The Kier molecular flexibility index (Phi) is 5.72. The van der Waals surface area contributed by atoms with E-state index in [1.54, 1.807) is 0 Å². The van der Waals surface area contributed by atoms with Gasteiger partial charge in [0, 0.05) is 48.9 Å². The van der Waals surface area contributed by atoms with Crippen molar-refractivity contribution in [1.29, 1.82) is 0 Å². The van der Waals surface area contributed by atoms with Crippen molar-refractivity contribution in [3.8, 4) is 33.5 Å². The Labute approximate surface area is 286 Å². The summed E-state index contributed by atoms with van der Waals surface area (Å²) < 4.78 is 12.4. The highest BCUT2D eigenvalue weighted by atomic mass is 32.2. The fourth-order valence-corrected chi connectivity index (χ4v) is 9.22. The normalized spacial score (nSPS) is 15.4. The number of thioether (sulfide) groups is 1. The van der Waals surface area contributed by atoms with Crippen LogP contribution in [0.4, 0.5) is 0 Å². The van der Waals surface area contributed by atoms with Crippen molar-refractivity contribution < 1.29 is 8.83 Å². The summed E-state index contributed by atoms with van der Waals surface area (Å²) in [6.07, 6.45) is 7.76. The van der Waals surface area contributed by atoms with E-state index in [4.69, 9.17) is 13.8 Å². The quantitative estimate of drug-likeness (QED) is 0.192. The number of benzene rings is 6. The van der Waals surface area contributed by atoms with Crippen LogP contribution in [0.25, 0.3) is 88.3 Å². The Hall–Kier alpha value is -5.84. The third-order valence-electron chi connectivity index (χ3n) is 10.2. The molecular weight excluding hydrogens is 619 g/mol. The van der Waals surface area contributed by atoms with Gasteiger partial charge in [-0.2, -0.15) is 0 Å². The van der Waals surface area contributed by atoms with Gasteiger partial charge in [-0.1, -0.05) is 96.7 Å². The summed E-state index contributed by atoms with van der Waals surface area (Å²) in [6, 6.07) is 45.3. The van der Waals surface area contributed by atoms with Crippen molar-refractivity contribution in [2.75, 3.05) is 0 Å². The smallest absolute Gasteiger partial charge is 0.135 e. The lowest BCUT2D eigenvalue weighted by atomic mass is 9.86. The van der Waals surface area contributed by atoms with Crippen LogP contribution < -0.4 is 0 Å². The second-order valence-electron chi connectivity index (χ2n) is 13.0. The predicted octanol–water partition coefficient (Wildman–Crippen LogP) is 13.1. The van der Waals surface area contributed by atoms with Crippen molar-refractivity contribution in [3.63, 3.8) is 0 Å². The van der Waals surface area contributed by atoms with Crippen molar-refractivity contribution in [2.24, 2.45) is 0 Å². The zero-order chi connectivity index (χ0) is 32.1. The SMILES string of the molecule is C1=CCC2C(=C1)Sc1c2c(-c2cc(-c3ccc4oc5ccccc5c4c3)cc(-c3ccc4oc5ccccc5c4c3)c2)nc2ccccc12. The van der Waals surface area contributed by atoms with E-state index in [2.05, 4.69) is 121 Å². The van der Waals surface area contributed by atoms with E-state index >= 15 is 0 Å². The standard InChI is InChI=1S/C45H27NO2S/c1-5-13-37-33(11-1)45-43(34-12-4-8-16-42(34)49-45)44(46-37)30-22-28(26-17-19-40-35(24-26)31-9-2-6-14-38(31)47-40)21-29(23-30)27-18-20-41-36(25-27)32-10-3-7-15-39(32)48-41/h1-11,13-25,34H,12H2. The maximum atomic E-state index is 6.21. The van der Waals surface area contributed by atoms with Gasteiger partial charge in [-0.3, -0.25) is 0 Å². The first-order chi connectivity index (χ1) is 24.2. The molecule has 1 aliphatic heterocycles. The molecule has 2 aliphatic rings. The number of fused-ring (bicyclic) bond motifs is 11. The second kappa shape index (κ2) is 10.3. The molecule has 3 aromatic heterocycles. The van der Waals surface area contributed by atoms with Gasteiger partial charge >= 0.3 is 0 Å². The van der Waals surface area contributed by atoms with Gasteiger partial charge in [0.15, 0.2) is 0 Å². The predicted molar refractivity (Wildman–Crippen MR) is 203 cm³/mol. The molecule has 0 spiro atoms. The van der Waals surface area contributed by atoms with Gasteiger partial charge in [-0.15, -0.1) is 0 Å². The summed E-state index contributed by atoms with van der Waals surface area (Å²) in [5.74, 6) is 0.312. The van der Waals surface area contributed by atoms with Gasteiger partial charge in [0.25, 0.3) is 0 Å². The molecule has 4 heteroatoms. The molecule has 11 rings (SSSR count). The molecule has 49 heavy (non-hydrogen) atoms. The third-order valence-corrected chi connectivity index (χ3v) is 11.5. The molecule has 0 saturated heterocycles. The molecule has 0 fully saturated rings. The van der Waals surface area contributed by atoms with E-state index < -0.39 is 0 Å². The van der Waals surface area contributed by atoms with Gasteiger partial charge in [-0.05, 0) is 94.2 Å². The van der Waals surface area contributed by atoms with E-state index in [9.17, 15) is 0 Å². The minimum Gasteiger partial charge on any atom is -0.456 e. The number of aromatic nitrogens is 1. The van der Waals surface area contributed by atoms with Gasteiger partial charge in [0.05, 0.1) is 11.2 Å². The summed E-state index contributed by atoms with van der Waals surface area (Å²) in [4.78, 5) is 8.19. The molecule has 230 valence electrons. The van der Waals surface area contributed by atoms with Crippen LogP contribution in [0, 0.1) is 0 Å². The molecule has 0 radical (unpaired) electrons. The van der Waals surface area contributed by atoms with E-state index in [1.807, 2.05) is 36.0 Å². The molecule has 0 amide bonds. The van der Waals surface area contributed by atoms with Crippen LogP contribution in [0.15, 0.2) is 164 Å². The lowest BCUT2D eigenvalue weighted by molar-refractivity contribution is 0.668. The topological polar surface area (TPSA) is 39.2 Å². The molecule has 3 nitrogen and oxygen atoms in total. The molecule has 4 heterocycles. The Morgan fingerprint density at radius 3 is 1.78 bits per heavy atom. The minimum atomic E-state index is 0.312. The minimum absolute atomic E-state index is 0.312. The largest absolute Gasteiger partial charge is 0.456 e. The van der Waals surface area contributed by atoms with Crippen molar-refractivity contribution in [2.45, 2.75) is 17.2 Å². The number of nitrogens with zero attached hydrogens (tertiary/aromatic N) is 1. The fourth-order valence-electron chi connectivity index (χ4n) is 7.85. The van der Waals surface area contributed by atoms with Gasteiger partial charge in [0.1, 0.15) is 22.3 Å². The van der Waals surface area contributed by atoms with Gasteiger partial charge < -0.3 is 8.83 Å². The third kappa shape index (κ3) is 4.14. The van der Waals surface area contributed by atoms with Gasteiger partial charge in [0.2, 0.25) is 0 Å². The summed E-state index contributed by atoms with van der Waals surface area (Å²) in [7, 11) is 0. The van der Waals surface area contributed by atoms with Crippen molar-refractivity contribution >= 4 is 66.5 Å². The highest BCUT2D eigenvalue weighted by Crippen LogP contribution is 2.56. The Balaban J connectivity index is 1.18. The molecule has 0 saturated carbocycles. The van der Waals surface area contributed by atoms with Gasteiger partial charge in [-0.25, -0.2) is 4.98 Å². The number of hydrogen-bond donors (Lipinski definition) is 0. The highest BCUT2D eigenvalue weighted by Gasteiger charge is 2.34. The van der Waals surface area contributed by atoms with Crippen LogP contribution in [-0.2, 0) is 0 Å². The summed E-state index contributed by atoms with van der Waals surface area (Å²) in [6.45, 7) is 0. The van der Waals surface area contributed by atoms with Crippen LogP contribution in [0.1, 0.15) is 17.9 Å². The van der Waals surface area contributed by atoms with E-state index in [0.29, 0.717) is 5.92 Å². The van der Waals surface area contributed by atoms with Crippen LogP contribution in [0.5, 0.6) is 0 Å². The molecule has 0 N–H and O–H groups in total. The number of furan rings is 2. The average molecular weight is 646 g/mol. The lowest BCUT2D eigenvalue weighted by Gasteiger charge is -2.18. The molecule has 6 aromatic carbocycles. The van der Waals surface area contributed by atoms with Crippen LogP contribution in [-0.4, -0.2) is 4.98 Å². The molecule has 9 aromatic rings.